The Bertz CT molecular complexity index is 1070. The highest BCUT2D eigenvalue weighted by atomic mass is 32.2. The molecule has 2 aromatic rings. The summed E-state index contributed by atoms with van der Waals surface area (Å²) in [5.74, 6) is -1.54. The SMILES string of the molecule is CCCNS(=O)(=O)c1ccc(-n2c(N)c3c(cc2=O)C(=O)NC3=O)cc1. The van der Waals surface area contributed by atoms with Crippen molar-refractivity contribution in [2.45, 2.75) is 18.2 Å². The third kappa shape index (κ3) is 2.89. The van der Waals surface area contributed by atoms with Crippen molar-refractivity contribution in [1.82, 2.24) is 14.6 Å². The number of rotatable bonds is 5. The van der Waals surface area contributed by atoms with Gasteiger partial charge in [-0.1, -0.05) is 6.92 Å². The summed E-state index contributed by atoms with van der Waals surface area (Å²) in [5.41, 5.74) is 5.45. The molecule has 2 heterocycles. The maximum absolute atomic E-state index is 12.3. The largest absolute Gasteiger partial charge is 0.384 e. The second-order valence-electron chi connectivity index (χ2n) is 5.67. The van der Waals surface area contributed by atoms with Crippen molar-refractivity contribution in [2.75, 3.05) is 12.3 Å². The number of hydrogen-bond acceptors (Lipinski definition) is 6. The molecule has 1 aliphatic rings. The Labute approximate surface area is 148 Å². The molecule has 1 aromatic heterocycles. The molecule has 0 radical (unpaired) electrons. The predicted octanol–water partition coefficient (Wildman–Crippen LogP) is -0.00840. The van der Waals surface area contributed by atoms with Crippen LogP contribution in [-0.4, -0.2) is 31.3 Å². The molecule has 9 nitrogen and oxygen atoms in total. The summed E-state index contributed by atoms with van der Waals surface area (Å²) in [6, 6.07) is 6.49. The zero-order chi connectivity index (χ0) is 19.1. The van der Waals surface area contributed by atoms with Crippen LogP contribution >= 0.6 is 0 Å². The fourth-order valence-corrected chi connectivity index (χ4v) is 3.77. The number of nitrogen functional groups attached to an aromatic ring is 1. The number of imide groups is 1. The van der Waals surface area contributed by atoms with Gasteiger partial charge >= 0.3 is 0 Å². The van der Waals surface area contributed by atoms with Crippen LogP contribution in [0.3, 0.4) is 0 Å². The fourth-order valence-electron chi connectivity index (χ4n) is 2.64. The lowest BCUT2D eigenvalue weighted by atomic mass is 10.1. The van der Waals surface area contributed by atoms with Crippen molar-refractivity contribution < 1.29 is 18.0 Å². The van der Waals surface area contributed by atoms with Crippen LogP contribution in [0.5, 0.6) is 0 Å². The number of nitrogens with one attached hydrogen (secondary N) is 2. The second-order valence-corrected chi connectivity index (χ2v) is 7.43. The van der Waals surface area contributed by atoms with Gasteiger partial charge in [-0.3, -0.25) is 24.3 Å². The van der Waals surface area contributed by atoms with Crippen LogP contribution in [-0.2, 0) is 10.0 Å². The van der Waals surface area contributed by atoms with E-state index in [9.17, 15) is 22.8 Å². The number of carbonyl (C=O) groups is 2. The molecule has 0 bridgehead atoms. The monoisotopic (exact) mass is 376 g/mol. The first kappa shape index (κ1) is 17.8. The Morgan fingerprint density at radius 2 is 1.77 bits per heavy atom. The van der Waals surface area contributed by atoms with Gasteiger partial charge < -0.3 is 5.73 Å². The second kappa shape index (κ2) is 6.39. The van der Waals surface area contributed by atoms with Gasteiger partial charge in [-0.25, -0.2) is 13.1 Å². The minimum atomic E-state index is -3.64. The Kier molecular flexibility index (Phi) is 4.38. The number of nitrogens with zero attached hydrogens (tertiary/aromatic N) is 1. The molecule has 0 saturated heterocycles. The lowest BCUT2D eigenvalue weighted by Crippen LogP contribution is -2.25. The van der Waals surface area contributed by atoms with E-state index in [4.69, 9.17) is 5.73 Å². The molecule has 10 heteroatoms. The third-order valence-electron chi connectivity index (χ3n) is 3.90. The summed E-state index contributed by atoms with van der Waals surface area (Å²) in [5, 5.41) is 2.08. The van der Waals surface area contributed by atoms with Crippen LogP contribution in [0.15, 0.2) is 40.0 Å². The summed E-state index contributed by atoms with van der Waals surface area (Å²) in [6.45, 7) is 2.15. The van der Waals surface area contributed by atoms with Gasteiger partial charge in [0.05, 0.1) is 21.7 Å². The number of anilines is 1. The summed E-state index contributed by atoms with van der Waals surface area (Å²) < 4.78 is 27.7. The van der Waals surface area contributed by atoms with Crippen LogP contribution in [0.25, 0.3) is 5.69 Å². The van der Waals surface area contributed by atoms with Crippen LogP contribution < -0.4 is 21.3 Å². The molecule has 0 fully saturated rings. The van der Waals surface area contributed by atoms with Crippen molar-refractivity contribution >= 4 is 27.7 Å². The minimum Gasteiger partial charge on any atom is -0.384 e. The highest BCUT2D eigenvalue weighted by molar-refractivity contribution is 7.89. The van der Waals surface area contributed by atoms with Crippen molar-refractivity contribution in [1.29, 1.82) is 0 Å². The Morgan fingerprint density at radius 3 is 2.38 bits per heavy atom. The van der Waals surface area contributed by atoms with Crippen LogP contribution in [0.2, 0.25) is 0 Å². The number of carbonyl (C=O) groups excluding carboxylic acids is 2. The molecular formula is C16H16N4O5S. The topological polar surface area (TPSA) is 140 Å². The van der Waals surface area contributed by atoms with E-state index >= 15 is 0 Å². The van der Waals surface area contributed by atoms with Crippen LogP contribution in [0.4, 0.5) is 5.82 Å². The van der Waals surface area contributed by atoms with Gasteiger partial charge in [0, 0.05) is 12.6 Å². The molecule has 0 saturated carbocycles. The molecule has 136 valence electrons. The molecule has 4 N–H and O–H groups in total. The van der Waals surface area contributed by atoms with E-state index in [2.05, 4.69) is 10.0 Å². The Hall–Kier alpha value is -2.98. The molecule has 0 aliphatic carbocycles. The zero-order valence-electron chi connectivity index (χ0n) is 13.8. The number of hydrogen-bond donors (Lipinski definition) is 3. The van der Waals surface area contributed by atoms with Crippen molar-refractivity contribution in [3.05, 3.63) is 51.8 Å². The highest BCUT2D eigenvalue weighted by Gasteiger charge is 2.31. The fraction of sp³-hybridized carbons (Fsp3) is 0.188. The van der Waals surface area contributed by atoms with E-state index in [-0.39, 0.29) is 27.5 Å². The third-order valence-corrected chi connectivity index (χ3v) is 5.38. The summed E-state index contributed by atoms with van der Waals surface area (Å²) in [4.78, 5) is 35.9. The molecule has 2 amide bonds. The highest BCUT2D eigenvalue weighted by Crippen LogP contribution is 2.23. The number of amides is 2. The number of sulfonamides is 1. The first-order chi connectivity index (χ1) is 12.3. The van der Waals surface area contributed by atoms with E-state index in [0.29, 0.717) is 13.0 Å². The average molecular weight is 376 g/mol. The Balaban J connectivity index is 2.07. The van der Waals surface area contributed by atoms with Gasteiger partial charge in [0.2, 0.25) is 10.0 Å². The molecule has 1 aromatic carbocycles. The normalized spacial score (nSPS) is 13.6. The summed E-state index contributed by atoms with van der Waals surface area (Å²) in [6.07, 6.45) is 0.652. The van der Waals surface area contributed by atoms with Gasteiger partial charge in [0.1, 0.15) is 5.82 Å². The smallest absolute Gasteiger partial charge is 0.262 e. The number of benzene rings is 1. The summed E-state index contributed by atoms with van der Waals surface area (Å²) in [7, 11) is -3.64. The predicted molar refractivity (Wildman–Crippen MR) is 93.7 cm³/mol. The lowest BCUT2D eigenvalue weighted by Gasteiger charge is -2.12. The van der Waals surface area contributed by atoms with E-state index in [1.165, 1.54) is 24.3 Å². The molecule has 0 spiro atoms. The maximum atomic E-state index is 12.3. The number of nitrogens with two attached hydrogens (primary N) is 1. The van der Waals surface area contributed by atoms with Gasteiger partial charge in [-0.05, 0) is 30.7 Å². The van der Waals surface area contributed by atoms with Crippen LogP contribution in [0.1, 0.15) is 34.1 Å². The number of aromatic nitrogens is 1. The molecule has 1 aliphatic heterocycles. The summed E-state index contributed by atoms with van der Waals surface area (Å²) >= 11 is 0. The van der Waals surface area contributed by atoms with Gasteiger partial charge in [-0.15, -0.1) is 0 Å². The quantitative estimate of drug-likeness (QED) is 0.627. The van der Waals surface area contributed by atoms with Crippen molar-refractivity contribution in [3.8, 4) is 5.69 Å². The van der Waals surface area contributed by atoms with E-state index in [1.807, 2.05) is 6.92 Å². The standard InChI is InChI=1S/C16H16N4O5S/c1-2-7-18-26(24,25)10-5-3-9(4-6-10)20-12(21)8-11-13(14(20)17)16(23)19-15(11)22/h3-6,8,18H,2,7,17H2,1H3,(H,19,22,23). The van der Waals surface area contributed by atoms with E-state index in [0.717, 1.165) is 10.6 Å². The van der Waals surface area contributed by atoms with Gasteiger partial charge in [-0.2, -0.15) is 0 Å². The number of fused-ring (bicyclic) bond motifs is 1. The van der Waals surface area contributed by atoms with Gasteiger partial charge in [0.15, 0.2) is 0 Å². The molecule has 3 rings (SSSR count). The average Bonchev–Trinajstić information content (AvgIpc) is 2.87. The van der Waals surface area contributed by atoms with Gasteiger partial charge in [0.25, 0.3) is 17.4 Å². The molecule has 0 unspecified atom stereocenters. The van der Waals surface area contributed by atoms with Crippen molar-refractivity contribution in [2.24, 2.45) is 0 Å². The maximum Gasteiger partial charge on any atom is 0.262 e. The molecule has 0 atom stereocenters. The minimum absolute atomic E-state index is 0.0374. The molecular weight excluding hydrogens is 360 g/mol. The first-order valence-corrected chi connectivity index (χ1v) is 9.26. The Morgan fingerprint density at radius 1 is 1.12 bits per heavy atom. The first-order valence-electron chi connectivity index (χ1n) is 7.77. The van der Waals surface area contributed by atoms with Crippen LogP contribution in [0, 0.1) is 0 Å². The number of pyridine rings is 1. The van der Waals surface area contributed by atoms with E-state index < -0.39 is 27.4 Å². The van der Waals surface area contributed by atoms with E-state index in [1.54, 1.807) is 0 Å². The van der Waals surface area contributed by atoms with Crippen molar-refractivity contribution in [3.63, 3.8) is 0 Å². The molecule has 26 heavy (non-hydrogen) atoms. The zero-order valence-corrected chi connectivity index (χ0v) is 14.6. The lowest BCUT2D eigenvalue weighted by molar-refractivity contribution is 0.0880.